The number of nitrogens with one attached hydrogen (secondary N) is 1. The van der Waals surface area contributed by atoms with Crippen LogP contribution in [0.4, 0.5) is 30.7 Å². The van der Waals surface area contributed by atoms with Crippen LogP contribution in [-0.2, 0) is 6.18 Å². The number of hydrogen-bond acceptors (Lipinski definition) is 7. The fourth-order valence-electron chi connectivity index (χ4n) is 2.79. The first-order valence-corrected chi connectivity index (χ1v) is 10.5. The molecule has 0 bridgehead atoms. The first kappa shape index (κ1) is 27.1. The summed E-state index contributed by atoms with van der Waals surface area (Å²) in [5, 5.41) is 6.39. The van der Waals surface area contributed by atoms with Gasteiger partial charge in [-0.3, -0.25) is 4.79 Å². The predicted octanol–water partition coefficient (Wildman–Crippen LogP) is 4.57. The van der Waals surface area contributed by atoms with Gasteiger partial charge in [-0.15, -0.1) is 5.10 Å². The van der Waals surface area contributed by atoms with E-state index in [1.165, 1.54) is 6.92 Å². The lowest BCUT2D eigenvalue weighted by atomic mass is 10.1. The van der Waals surface area contributed by atoms with Gasteiger partial charge in [-0.2, -0.15) is 26.6 Å². The second-order valence-corrected chi connectivity index (χ2v) is 7.60. The summed E-state index contributed by atoms with van der Waals surface area (Å²) in [6.07, 6.45) is -5.45. The summed E-state index contributed by atoms with van der Waals surface area (Å²) < 4.78 is 99.1. The Kier molecular flexibility index (Phi) is 8.31. The molecule has 17 heteroatoms. The van der Waals surface area contributed by atoms with Crippen molar-refractivity contribution in [1.29, 1.82) is 0 Å². The van der Waals surface area contributed by atoms with Crippen LogP contribution in [0.2, 0.25) is 0 Å². The lowest BCUT2D eigenvalue weighted by Crippen LogP contribution is -2.29. The van der Waals surface area contributed by atoms with Crippen molar-refractivity contribution in [2.45, 2.75) is 32.2 Å². The highest BCUT2D eigenvalue weighted by Gasteiger charge is 2.33. The highest BCUT2D eigenvalue weighted by Crippen LogP contribution is 2.33. The van der Waals surface area contributed by atoms with Crippen molar-refractivity contribution in [2.24, 2.45) is 0 Å². The number of hydrogen-bond donors (Lipinski definition) is 1. The molecule has 1 N–H and O–H groups in total. The van der Waals surface area contributed by atoms with E-state index in [1.807, 2.05) is 0 Å². The number of nitrogens with zero attached hydrogens (tertiary/aromatic N) is 5. The molecule has 194 valence electrons. The Bertz CT molecular complexity index is 1210. The van der Waals surface area contributed by atoms with E-state index in [9.17, 15) is 35.5 Å². The van der Waals surface area contributed by atoms with Crippen LogP contribution in [0.5, 0.6) is 11.5 Å². The van der Waals surface area contributed by atoms with Crippen LogP contribution >= 0.6 is 15.9 Å². The van der Waals surface area contributed by atoms with Gasteiger partial charge in [-0.1, -0.05) is 0 Å². The third kappa shape index (κ3) is 7.02. The molecular weight excluding hydrogens is 573 g/mol. The van der Waals surface area contributed by atoms with E-state index in [4.69, 9.17) is 4.74 Å². The zero-order chi connectivity index (χ0) is 26.6. The number of amides is 1. The van der Waals surface area contributed by atoms with Gasteiger partial charge in [0.1, 0.15) is 12.4 Å². The van der Waals surface area contributed by atoms with E-state index in [-0.39, 0.29) is 22.3 Å². The fourth-order valence-corrected chi connectivity index (χ4v) is 3.13. The van der Waals surface area contributed by atoms with E-state index < -0.39 is 54.6 Å². The molecule has 0 spiro atoms. The molecule has 3 aromatic rings. The number of aromatic nitrogens is 5. The highest BCUT2D eigenvalue weighted by molar-refractivity contribution is 9.10. The number of benzene rings is 1. The molecule has 0 radical (unpaired) electrons. The summed E-state index contributed by atoms with van der Waals surface area (Å²) >= 11 is 3.05. The fraction of sp³-hybridized carbons (Fsp3) is 0.316. The maximum absolute atomic E-state index is 13.2. The molecule has 1 aromatic carbocycles. The van der Waals surface area contributed by atoms with E-state index in [1.54, 1.807) is 0 Å². The molecule has 9 nitrogen and oxygen atoms in total. The van der Waals surface area contributed by atoms with Crippen molar-refractivity contribution >= 4 is 21.8 Å². The maximum Gasteiger partial charge on any atom is 0.416 e. The SMILES string of the molecule is CC(NC(=O)c1cc(OC(F)F)cc(C(F)(F)F)c1)c1nc(Br)nn1-c1ncc(OCC(F)F)cn1. The van der Waals surface area contributed by atoms with Gasteiger partial charge in [0.15, 0.2) is 11.6 Å². The molecule has 1 unspecified atom stereocenters. The molecule has 0 saturated carbocycles. The average molecular weight is 587 g/mol. The molecule has 0 fully saturated rings. The predicted molar refractivity (Wildman–Crippen MR) is 110 cm³/mol. The normalized spacial score (nSPS) is 12.6. The summed E-state index contributed by atoms with van der Waals surface area (Å²) in [6, 6.07) is 0.531. The monoisotopic (exact) mass is 586 g/mol. The van der Waals surface area contributed by atoms with Crippen molar-refractivity contribution in [2.75, 3.05) is 6.61 Å². The lowest BCUT2D eigenvalue weighted by molar-refractivity contribution is -0.138. The molecule has 3 rings (SSSR count). The Morgan fingerprint density at radius 2 is 1.78 bits per heavy atom. The molecule has 1 atom stereocenters. The maximum atomic E-state index is 13.2. The molecule has 2 heterocycles. The minimum atomic E-state index is -4.93. The van der Waals surface area contributed by atoms with Crippen LogP contribution in [0.15, 0.2) is 35.3 Å². The number of carbonyl (C=O) groups excluding carboxylic acids is 1. The largest absolute Gasteiger partial charge is 0.484 e. The van der Waals surface area contributed by atoms with Crippen LogP contribution in [0.25, 0.3) is 5.95 Å². The van der Waals surface area contributed by atoms with Crippen molar-refractivity contribution in [1.82, 2.24) is 30.0 Å². The number of ether oxygens (including phenoxy) is 2. The van der Waals surface area contributed by atoms with Crippen molar-refractivity contribution in [3.63, 3.8) is 0 Å². The minimum Gasteiger partial charge on any atom is -0.484 e. The van der Waals surface area contributed by atoms with Crippen LogP contribution < -0.4 is 14.8 Å². The van der Waals surface area contributed by atoms with Crippen molar-refractivity contribution in [3.8, 4) is 17.4 Å². The summed E-state index contributed by atoms with van der Waals surface area (Å²) in [6.45, 7) is -2.87. The van der Waals surface area contributed by atoms with Gasteiger partial charge in [0, 0.05) is 5.56 Å². The van der Waals surface area contributed by atoms with Crippen molar-refractivity contribution < 1.29 is 45.0 Å². The van der Waals surface area contributed by atoms with Gasteiger partial charge in [0.2, 0.25) is 4.73 Å². The second-order valence-electron chi connectivity index (χ2n) is 6.89. The highest BCUT2D eigenvalue weighted by atomic mass is 79.9. The Morgan fingerprint density at radius 3 is 2.36 bits per heavy atom. The number of rotatable bonds is 9. The van der Waals surface area contributed by atoms with E-state index in [2.05, 4.69) is 46.0 Å². The quantitative estimate of drug-likeness (QED) is 0.366. The molecule has 36 heavy (non-hydrogen) atoms. The summed E-state index contributed by atoms with van der Waals surface area (Å²) in [7, 11) is 0. The zero-order valence-corrected chi connectivity index (χ0v) is 19.4. The third-order valence-electron chi connectivity index (χ3n) is 4.24. The lowest BCUT2D eigenvalue weighted by Gasteiger charge is -2.16. The molecule has 0 aliphatic carbocycles. The van der Waals surface area contributed by atoms with Gasteiger partial charge in [0.05, 0.1) is 24.0 Å². The van der Waals surface area contributed by atoms with E-state index in [0.717, 1.165) is 23.1 Å². The van der Waals surface area contributed by atoms with Gasteiger partial charge >= 0.3 is 12.8 Å². The summed E-state index contributed by atoms with van der Waals surface area (Å²) in [5.74, 6) is -2.04. The number of halogens is 8. The standard InChI is InChI=1S/C19H14BrF7N6O3/c1-8(30-15(34)9-2-10(19(25,26)27)4-11(3-9)36-17(23)24)14-31-16(20)32-33(14)18-28-5-12(6-29-18)35-7-13(21)22/h2-6,8,13,17H,7H2,1H3,(H,30,34). The second kappa shape index (κ2) is 11.0. The Balaban J connectivity index is 1.84. The van der Waals surface area contributed by atoms with Crippen LogP contribution in [0, 0.1) is 0 Å². The van der Waals surface area contributed by atoms with Gasteiger partial charge in [0.25, 0.3) is 18.3 Å². The Morgan fingerprint density at radius 1 is 1.11 bits per heavy atom. The van der Waals surface area contributed by atoms with Gasteiger partial charge < -0.3 is 14.8 Å². The smallest absolute Gasteiger partial charge is 0.416 e. The molecule has 2 aromatic heterocycles. The molecular formula is C19H14BrF7N6O3. The molecule has 1 amide bonds. The Hall–Kier alpha value is -3.50. The van der Waals surface area contributed by atoms with E-state index in [0.29, 0.717) is 12.1 Å². The van der Waals surface area contributed by atoms with E-state index >= 15 is 0 Å². The molecule has 0 saturated heterocycles. The number of carbonyl (C=O) groups is 1. The van der Waals surface area contributed by atoms with Crippen LogP contribution in [0.1, 0.15) is 34.7 Å². The van der Waals surface area contributed by atoms with Gasteiger partial charge in [-0.05, 0) is 41.1 Å². The molecule has 0 aliphatic heterocycles. The van der Waals surface area contributed by atoms with Gasteiger partial charge in [-0.25, -0.2) is 23.7 Å². The zero-order valence-electron chi connectivity index (χ0n) is 17.8. The van der Waals surface area contributed by atoms with Crippen molar-refractivity contribution in [3.05, 3.63) is 52.3 Å². The third-order valence-corrected chi connectivity index (χ3v) is 4.58. The topological polar surface area (TPSA) is 104 Å². The van der Waals surface area contributed by atoms with Crippen LogP contribution in [-0.4, -0.2) is 50.3 Å². The first-order chi connectivity index (χ1) is 16.8. The summed E-state index contributed by atoms with van der Waals surface area (Å²) in [5.41, 5.74) is -1.97. The average Bonchev–Trinajstić information content (AvgIpc) is 3.18. The summed E-state index contributed by atoms with van der Waals surface area (Å²) in [4.78, 5) is 24.6. The first-order valence-electron chi connectivity index (χ1n) is 9.67. The molecule has 0 aliphatic rings. The minimum absolute atomic E-state index is 0.0208. The number of alkyl halides is 7. The Labute approximate surface area is 205 Å². The van der Waals surface area contributed by atoms with Crippen LogP contribution in [0.3, 0.4) is 0 Å².